The van der Waals surface area contributed by atoms with Gasteiger partial charge in [-0.25, -0.2) is 0 Å². The van der Waals surface area contributed by atoms with Crippen LogP contribution in [0.4, 0.5) is 0 Å². The van der Waals surface area contributed by atoms with Crippen molar-refractivity contribution in [3.8, 4) is 5.75 Å². The molecule has 5 heteroatoms. The van der Waals surface area contributed by atoms with Crippen LogP contribution in [0.1, 0.15) is 24.0 Å². The van der Waals surface area contributed by atoms with Gasteiger partial charge in [0.25, 0.3) is 0 Å². The van der Waals surface area contributed by atoms with Crippen LogP contribution in [0.2, 0.25) is 0 Å². The highest BCUT2D eigenvalue weighted by molar-refractivity contribution is 7.84. The molecule has 0 aliphatic carbocycles. The van der Waals surface area contributed by atoms with Gasteiger partial charge in [-0.3, -0.25) is 4.21 Å². The average molecular weight is 381 g/mol. The minimum absolute atomic E-state index is 0.288. The van der Waals surface area contributed by atoms with Gasteiger partial charge in [0.1, 0.15) is 5.75 Å². The van der Waals surface area contributed by atoms with Crippen LogP contribution in [-0.2, 0) is 16.6 Å². The number of hydrogen-bond donors (Lipinski definition) is 3. The van der Waals surface area contributed by atoms with Gasteiger partial charge in [-0.2, -0.15) is 0 Å². The molecule has 2 heterocycles. The van der Waals surface area contributed by atoms with Crippen molar-refractivity contribution in [2.45, 2.75) is 24.6 Å². The molecule has 2 atom stereocenters. The van der Waals surface area contributed by atoms with Crippen molar-refractivity contribution in [3.63, 3.8) is 0 Å². The standard InChI is InChI=1S/C22H24N2O2S/c25-22-8-4-2-6-20(22)16-9-11-23-18(13-16)10-12-27(26)15-17-14-24-21-7-3-1-5-19(17)21/h1-9,14,18,23-25H,10-13,15H2. The number of nitrogens with one attached hydrogen (secondary N) is 2. The molecule has 3 aromatic rings. The first-order valence-corrected chi connectivity index (χ1v) is 10.8. The fraction of sp³-hybridized carbons (Fsp3) is 0.273. The third kappa shape index (κ3) is 4.15. The van der Waals surface area contributed by atoms with E-state index in [1.165, 1.54) is 5.57 Å². The SMILES string of the molecule is O=S(CCC1CC(c2ccccc2O)=CCN1)Cc1c[nH]c2ccccc12. The summed E-state index contributed by atoms with van der Waals surface area (Å²) in [6, 6.07) is 15.9. The second-order valence-corrected chi connectivity index (χ2v) is 8.57. The lowest BCUT2D eigenvalue weighted by atomic mass is 9.94. The van der Waals surface area contributed by atoms with Gasteiger partial charge in [-0.05, 0) is 36.1 Å². The van der Waals surface area contributed by atoms with E-state index in [2.05, 4.69) is 22.4 Å². The molecule has 4 rings (SSSR count). The minimum Gasteiger partial charge on any atom is -0.507 e. The predicted octanol–water partition coefficient (Wildman–Crippen LogP) is 3.96. The first kappa shape index (κ1) is 18.0. The molecule has 0 saturated carbocycles. The van der Waals surface area contributed by atoms with Crippen molar-refractivity contribution < 1.29 is 9.32 Å². The molecule has 1 aliphatic heterocycles. The number of phenolic OH excluding ortho intramolecular Hbond substituents is 1. The molecule has 1 aromatic heterocycles. The van der Waals surface area contributed by atoms with E-state index in [1.54, 1.807) is 6.07 Å². The highest BCUT2D eigenvalue weighted by Gasteiger charge is 2.19. The van der Waals surface area contributed by atoms with E-state index in [4.69, 9.17) is 0 Å². The zero-order valence-electron chi connectivity index (χ0n) is 15.2. The molecule has 0 fully saturated rings. The molecule has 0 spiro atoms. The van der Waals surface area contributed by atoms with Gasteiger partial charge >= 0.3 is 0 Å². The Balaban J connectivity index is 1.34. The van der Waals surface area contributed by atoms with E-state index in [1.807, 2.05) is 42.6 Å². The Morgan fingerprint density at radius 2 is 1.93 bits per heavy atom. The van der Waals surface area contributed by atoms with Crippen LogP contribution >= 0.6 is 0 Å². The summed E-state index contributed by atoms with van der Waals surface area (Å²) in [5, 5.41) is 14.7. The van der Waals surface area contributed by atoms with Crippen molar-refractivity contribution in [1.82, 2.24) is 10.3 Å². The molecule has 0 amide bonds. The largest absolute Gasteiger partial charge is 0.507 e. The monoisotopic (exact) mass is 380 g/mol. The Bertz CT molecular complexity index is 993. The number of benzene rings is 2. The van der Waals surface area contributed by atoms with E-state index in [9.17, 15) is 9.32 Å². The van der Waals surface area contributed by atoms with Gasteiger partial charge < -0.3 is 15.4 Å². The van der Waals surface area contributed by atoms with Crippen LogP contribution in [0.5, 0.6) is 5.75 Å². The van der Waals surface area contributed by atoms with Gasteiger partial charge in [0, 0.05) is 51.8 Å². The molecule has 2 unspecified atom stereocenters. The number of hydrogen-bond acceptors (Lipinski definition) is 3. The van der Waals surface area contributed by atoms with E-state index >= 15 is 0 Å². The predicted molar refractivity (Wildman–Crippen MR) is 112 cm³/mol. The summed E-state index contributed by atoms with van der Waals surface area (Å²) in [7, 11) is -0.896. The maximum absolute atomic E-state index is 12.6. The van der Waals surface area contributed by atoms with Crippen LogP contribution in [0.25, 0.3) is 16.5 Å². The number of H-pyrrole nitrogens is 1. The van der Waals surface area contributed by atoms with Crippen LogP contribution in [0.3, 0.4) is 0 Å². The van der Waals surface area contributed by atoms with Crippen molar-refractivity contribution in [2.24, 2.45) is 0 Å². The van der Waals surface area contributed by atoms with Crippen LogP contribution in [0.15, 0.2) is 60.8 Å². The van der Waals surface area contributed by atoms with E-state index in [0.717, 1.165) is 41.4 Å². The molecule has 27 heavy (non-hydrogen) atoms. The smallest absolute Gasteiger partial charge is 0.123 e. The Kier molecular flexibility index (Phi) is 5.41. The summed E-state index contributed by atoms with van der Waals surface area (Å²) in [4.78, 5) is 3.25. The molecular formula is C22H24N2O2S. The lowest BCUT2D eigenvalue weighted by Crippen LogP contribution is -2.34. The van der Waals surface area contributed by atoms with E-state index in [0.29, 0.717) is 17.3 Å². The van der Waals surface area contributed by atoms with Gasteiger partial charge in [0.2, 0.25) is 0 Å². The normalized spacial score (nSPS) is 18.4. The number of aromatic amines is 1. The Morgan fingerprint density at radius 3 is 2.81 bits per heavy atom. The molecule has 140 valence electrons. The van der Waals surface area contributed by atoms with Crippen LogP contribution in [-0.4, -0.2) is 32.6 Å². The second kappa shape index (κ2) is 8.11. The van der Waals surface area contributed by atoms with Crippen LogP contribution < -0.4 is 5.32 Å². The van der Waals surface area contributed by atoms with Crippen LogP contribution in [0, 0.1) is 0 Å². The van der Waals surface area contributed by atoms with Gasteiger partial charge in [-0.1, -0.05) is 42.5 Å². The van der Waals surface area contributed by atoms with Gasteiger partial charge in [-0.15, -0.1) is 0 Å². The summed E-state index contributed by atoms with van der Waals surface area (Å²) in [5.74, 6) is 1.58. The molecule has 0 bridgehead atoms. The maximum Gasteiger partial charge on any atom is 0.123 e. The zero-order valence-corrected chi connectivity index (χ0v) is 16.0. The number of aromatic nitrogens is 1. The lowest BCUT2D eigenvalue weighted by molar-refractivity contribution is 0.471. The van der Waals surface area contributed by atoms with E-state index in [-0.39, 0.29) is 6.04 Å². The summed E-state index contributed by atoms with van der Waals surface area (Å²) >= 11 is 0. The average Bonchev–Trinajstić information content (AvgIpc) is 3.10. The fourth-order valence-corrected chi connectivity index (χ4v) is 4.99. The third-order valence-corrected chi connectivity index (χ3v) is 6.48. The fourth-order valence-electron chi connectivity index (χ4n) is 3.71. The molecule has 3 N–H and O–H groups in total. The Labute approximate surface area is 161 Å². The minimum atomic E-state index is -0.896. The van der Waals surface area contributed by atoms with Gasteiger partial charge in [0.15, 0.2) is 0 Å². The topological polar surface area (TPSA) is 65.1 Å². The molecule has 0 saturated heterocycles. The molecule has 1 aliphatic rings. The lowest BCUT2D eigenvalue weighted by Gasteiger charge is -2.24. The first-order chi connectivity index (χ1) is 13.2. The first-order valence-electron chi connectivity index (χ1n) is 9.31. The Morgan fingerprint density at radius 1 is 1.11 bits per heavy atom. The third-order valence-electron chi connectivity index (χ3n) is 5.16. The van der Waals surface area contributed by atoms with Crippen molar-refractivity contribution in [3.05, 3.63) is 71.9 Å². The number of aromatic hydroxyl groups is 1. The van der Waals surface area contributed by atoms with Crippen molar-refractivity contribution >= 4 is 27.3 Å². The number of para-hydroxylation sites is 2. The molecule has 4 nitrogen and oxygen atoms in total. The summed E-state index contributed by atoms with van der Waals surface area (Å²) in [5.41, 5.74) is 4.29. The number of fused-ring (bicyclic) bond motifs is 1. The van der Waals surface area contributed by atoms with Crippen molar-refractivity contribution in [1.29, 1.82) is 0 Å². The summed E-state index contributed by atoms with van der Waals surface area (Å²) in [6.45, 7) is 0.781. The zero-order chi connectivity index (χ0) is 18.6. The molecule has 0 radical (unpaired) electrons. The quantitative estimate of drug-likeness (QED) is 0.606. The summed E-state index contributed by atoms with van der Waals surface area (Å²) in [6.07, 6.45) is 5.82. The van der Waals surface area contributed by atoms with Crippen molar-refractivity contribution in [2.75, 3.05) is 12.3 Å². The molecule has 2 aromatic carbocycles. The molecular weight excluding hydrogens is 356 g/mol. The second-order valence-electron chi connectivity index (χ2n) is 6.99. The highest BCUT2D eigenvalue weighted by atomic mass is 32.2. The maximum atomic E-state index is 12.6. The number of phenols is 1. The Hall–Kier alpha value is -2.37. The summed E-state index contributed by atoms with van der Waals surface area (Å²) < 4.78 is 12.6. The highest BCUT2D eigenvalue weighted by Crippen LogP contribution is 2.30. The van der Waals surface area contributed by atoms with E-state index < -0.39 is 10.8 Å². The van der Waals surface area contributed by atoms with Gasteiger partial charge in [0.05, 0.1) is 5.75 Å². The number of rotatable bonds is 6.